The number of pyridine rings is 1. The summed E-state index contributed by atoms with van der Waals surface area (Å²) in [6.07, 6.45) is 4.93. The molecule has 1 aliphatic carbocycles. The maximum Gasteiger partial charge on any atom is 0.308 e. The number of nitrogens with one attached hydrogen (secondary N) is 1. The Bertz CT molecular complexity index is 482. The summed E-state index contributed by atoms with van der Waals surface area (Å²) in [4.78, 5) is 16.4. The van der Waals surface area contributed by atoms with Crippen molar-refractivity contribution >= 4 is 24.3 Å². The van der Waals surface area contributed by atoms with E-state index in [0.29, 0.717) is 11.4 Å². The van der Waals surface area contributed by atoms with Crippen molar-refractivity contribution in [1.82, 2.24) is 4.98 Å². The van der Waals surface area contributed by atoms with Gasteiger partial charge in [0.25, 0.3) is 0 Å². The first-order valence-corrected chi connectivity index (χ1v) is 6.88. The summed E-state index contributed by atoms with van der Waals surface area (Å²) in [5, 5.41) is 8.26. The van der Waals surface area contributed by atoms with Gasteiger partial charge in [-0.25, -0.2) is 0 Å². The number of nitrogens with zero attached hydrogens (tertiary/aromatic N) is 1. The molecule has 1 aromatic rings. The third kappa shape index (κ3) is 3.15. The van der Waals surface area contributed by atoms with Gasteiger partial charge in [0.1, 0.15) is 0 Å². The summed E-state index contributed by atoms with van der Waals surface area (Å²) in [7, 11) is 1.43. The van der Waals surface area contributed by atoms with E-state index in [0.717, 1.165) is 30.6 Å². The largest absolute Gasteiger partial charge is 0.469 e. The average molecular weight is 278 g/mol. The highest BCUT2D eigenvalue weighted by Crippen LogP contribution is 2.32. The molecule has 102 valence electrons. The van der Waals surface area contributed by atoms with Gasteiger partial charge in [-0.2, -0.15) is 0 Å². The lowest BCUT2D eigenvalue weighted by Crippen LogP contribution is -2.27. The molecule has 4 nitrogen and oxygen atoms in total. The van der Waals surface area contributed by atoms with E-state index in [1.807, 2.05) is 12.1 Å². The molecule has 1 N–H and O–H groups in total. The van der Waals surface area contributed by atoms with Gasteiger partial charge in [-0.1, -0.05) is 0 Å². The predicted octanol–water partition coefficient (Wildman–Crippen LogP) is 2.72. The molecule has 0 atom stereocenters. The van der Waals surface area contributed by atoms with Crippen molar-refractivity contribution < 1.29 is 9.53 Å². The van der Waals surface area contributed by atoms with Crippen LogP contribution in [-0.2, 0) is 9.53 Å². The van der Waals surface area contributed by atoms with E-state index < -0.39 is 0 Å². The Balaban J connectivity index is 2.00. The maximum atomic E-state index is 11.5. The van der Waals surface area contributed by atoms with Crippen LogP contribution in [0.5, 0.6) is 0 Å². The highest BCUT2D eigenvalue weighted by atomic mass is 32.1. The summed E-state index contributed by atoms with van der Waals surface area (Å²) >= 11 is 4.34. The van der Waals surface area contributed by atoms with Gasteiger partial charge in [-0.3, -0.25) is 9.78 Å². The molecule has 5 heteroatoms. The summed E-state index contributed by atoms with van der Waals surface area (Å²) in [6.45, 7) is 0. The van der Waals surface area contributed by atoms with Gasteiger partial charge >= 0.3 is 5.97 Å². The fraction of sp³-hybridized carbons (Fsp3) is 0.500. The molecule has 0 radical (unpaired) electrons. The molecular weight excluding hydrogens is 260 g/mol. The first kappa shape index (κ1) is 14.1. The van der Waals surface area contributed by atoms with Gasteiger partial charge in [0.05, 0.1) is 24.4 Å². The van der Waals surface area contributed by atoms with E-state index in [1.54, 1.807) is 6.20 Å². The van der Waals surface area contributed by atoms with Crippen molar-refractivity contribution in [3.05, 3.63) is 24.0 Å². The number of aromatic nitrogens is 1. The van der Waals surface area contributed by atoms with Gasteiger partial charge < -0.3 is 10.1 Å². The van der Waals surface area contributed by atoms with E-state index >= 15 is 0 Å². The summed E-state index contributed by atoms with van der Waals surface area (Å²) in [5.41, 5.74) is 1.20. The van der Waals surface area contributed by atoms with E-state index in [2.05, 4.69) is 17.6 Å². The smallest absolute Gasteiger partial charge is 0.308 e. The van der Waals surface area contributed by atoms with Crippen molar-refractivity contribution in [3.63, 3.8) is 0 Å². The van der Waals surface area contributed by atoms with Crippen LogP contribution in [0.2, 0.25) is 0 Å². The number of methoxy groups -OCH3 is 1. The molecule has 19 heavy (non-hydrogen) atoms. The monoisotopic (exact) mass is 278 g/mol. The lowest BCUT2D eigenvalue weighted by atomic mass is 9.79. The second-order valence-electron chi connectivity index (χ2n) is 4.86. The van der Waals surface area contributed by atoms with Crippen LogP contribution in [0, 0.1) is 17.2 Å². The average Bonchev–Trinajstić information content (AvgIpc) is 2.46. The summed E-state index contributed by atoms with van der Waals surface area (Å²) < 4.78 is 4.77. The molecule has 0 saturated heterocycles. The molecule has 0 amide bonds. The maximum absolute atomic E-state index is 11.5. The van der Waals surface area contributed by atoms with Crippen LogP contribution in [0.3, 0.4) is 0 Å². The zero-order valence-corrected chi connectivity index (χ0v) is 11.8. The second kappa shape index (κ2) is 6.19. The van der Waals surface area contributed by atoms with Crippen LogP contribution in [0.1, 0.15) is 31.4 Å². The number of carbonyl (C=O) groups excluding carboxylic acids is 1. The Morgan fingerprint density at radius 1 is 1.37 bits per heavy atom. The highest BCUT2D eigenvalue weighted by molar-refractivity contribution is 7.80. The van der Waals surface area contributed by atoms with Crippen LogP contribution in [0.15, 0.2) is 23.2 Å². The van der Waals surface area contributed by atoms with Crippen molar-refractivity contribution in [1.29, 1.82) is 5.41 Å². The van der Waals surface area contributed by atoms with Crippen molar-refractivity contribution in [2.45, 2.75) is 30.6 Å². The zero-order valence-electron chi connectivity index (χ0n) is 10.9. The van der Waals surface area contributed by atoms with Crippen LogP contribution in [0.4, 0.5) is 0 Å². The lowest BCUT2D eigenvalue weighted by molar-refractivity contribution is -0.146. The highest BCUT2D eigenvalue weighted by Gasteiger charge is 2.30. The minimum atomic E-state index is -0.127. The number of carbonyl (C=O) groups is 1. The standard InChI is InChI=1S/C14H18N2O2S/c1-18-14(17)10-6-4-9(5-7-10)12(15)13-11(19)3-2-8-16-13/h2-3,8-10,15,19H,4-7H2,1H3/t9-,10-. The number of ether oxygens (including phenoxy) is 1. The molecule has 2 rings (SSSR count). The van der Waals surface area contributed by atoms with Gasteiger partial charge in [-0.05, 0) is 37.8 Å². The van der Waals surface area contributed by atoms with Crippen LogP contribution >= 0.6 is 12.6 Å². The fourth-order valence-corrected chi connectivity index (χ4v) is 2.85. The molecule has 1 saturated carbocycles. The number of rotatable bonds is 3. The first-order chi connectivity index (χ1) is 9.13. The van der Waals surface area contributed by atoms with E-state index in [1.165, 1.54) is 7.11 Å². The van der Waals surface area contributed by atoms with Crippen molar-refractivity contribution in [2.24, 2.45) is 11.8 Å². The normalized spacial score (nSPS) is 22.8. The van der Waals surface area contributed by atoms with Crippen LogP contribution in [0.25, 0.3) is 0 Å². The zero-order chi connectivity index (χ0) is 13.8. The quantitative estimate of drug-likeness (QED) is 0.507. The summed E-state index contributed by atoms with van der Waals surface area (Å²) in [5.74, 6) is 0.0349. The Hall–Kier alpha value is -1.36. The van der Waals surface area contributed by atoms with Gasteiger partial charge in [0, 0.05) is 17.0 Å². The third-order valence-electron chi connectivity index (χ3n) is 3.71. The van der Waals surface area contributed by atoms with Gasteiger partial charge in [-0.15, -0.1) is 12.6 Å². The number of hydrogen-bond acceptors (Lipinski definition) is 5. The van der Waals surface area contributed by atoms with Crippen LogP contribution in [-0.4, -0.2) is 23.8 Å². The Morgan fingerprint density at radius 3 is 2.58 bits per heavy atom. The lowest BCUT2D eigenvalue weighted by Gasteiger charge is -2.27. The van der Waals surface area contributed by atoms with Crippen molar-refractivity contribution in [3.8, 4) is 0 Å². The topological polar surface area (TPSA) is 63.0 Å². The van der Waals surface area contributed by atoms with E-state index in [4.69, 9.17) is 10.1 Å². The molecule has 1 aromatic heterocycles. The van der Waals surface area contributed by atoms with Crippen molar-refractivity contribution in [2.75, 3.05) is 7.11 Å². The third-order valence-corrected chi connectivity index (χ3v) is 4.07. The Labute approximate surface area is 118 Å². The minimum Gasteiger partial charge on any atom is -0.469 e. The Kier molecular flexibility index (Phi) is 4.58. The molecule has 0 unspecified atom stereocenters. The number of hydrogen-bond donors (Lipinski definition) is 2. The molecular formula is C14H18N2O2S. The molecule has 0 aliphatic heterocycles. The molecule has 1 fully saturated rings. The van der Waals surface area contributed by atoms with Gasteiger partial charge in [0.15, 0.2) is 0 Å². The fourth-order valence-electron chi connectivity index (χ4n) is 2.58. The minimum absolute atomic E-state index is 0.00625. The van der Waals surface area contributed by atoms with E-state index in [9.17, 15) is 4.79 Å². The molecule has 0 bridgehead atoms. The summed E-state index contributed by atoms with van der Waals surface area (Å²) in [6, 6.07) is 3.66. The second-order valence-corrected chi connectivity index (χ2v) is 5.34. The molecule has 1 heterocycles. The Morgan fingerprint density at radius 2 is 2.00 bits per heavy atom. The predicted molar refractivity (Wildman–Crippen MR) is 75.8 cm³/mol. The molecule has 0 aromatic carbocycles. The molecule has 1 aliphatic rings. The SMILES string of the molecule is COC(=O)[C@H]1CC[C@H](C(=N)c2ncccc2S)CC1. The first-order valence-electron chi connectivity index (χ1n) is 6.44. The van der Waals surface area contributed by atoms with Gasteiger partial charge in [0.2, 0.25) is 0 Å². The number of esters is 1. The molecule has 0 spiro atoms. The van der Waals surface area contributed by atoms with E-state index in [-0.39, 0.29) is 17.8 Å². The van der Waals surface area contributed by atoms with Crippen LogP contribution < -0.4 is 0 Å². The number of thiol groups is 1.